The molecule has 0 heterocycles. The zero-order chi connectivity index (χ0) is 34.8. The molecule has 256 valence electrons. The molecule has 0 saturated heterocycles. The quantitative estimate of drug-likeness (QED) is 0.0624. The second kappa shape index (κ2) is 20.5. The number of hydrogen-bond donors (Lipinski definition) is 4. The Bertz CT molecular complexity index is 1390. The average Bonchev–Trinajstić information content (AvgIpc) is 3.12. The van der Waals surface area contributed by atoms with Crippen molar-refractivity contribution >= 4 is 74.4 Å². The van der Waals surface area contributed by atoms with E-state index in [1.54, 1.807) is 6.92 Å². The molecule has 3 aromatic carbocycles. The van der Waals surface area contributed by atoms with Crippen molar-refractivity contribution in [3.63, 3.8) is 0 Å². The summed E-state index contributed by atoms with van der Waals surface area (Å²) in [5.41, 5.74) is 5.72. The Kier molecular flexibility index (Phi) is 16.4. The minimum absolute atomic E-state index is 0.0246. The van der Waals surface area contributed by atoms with Crippen LogP contribution in [0.5, 0.6) is 0 Å². The number of hydrogen-bond acceptors (Lipinski definition) is 10. The molecule has 3 rings (SSSR count). The number of carbonyl (C=O) groups is 5. The molecule has 5 N–H and O–H groups in total. The summed E-state index contributed by atoms with van der Waals surface area (Å²) in [5, 5.41) is 11.7. The first-order chi connectivity index (χ1) is 23.2. The topological polar surface area (TPSA) is 166 Å². The SMILES string of the molecule is CCOC(=O)CNC(=O)C(CSSCC(=O)NC[P+](c1ccccc1)(c1ccccc1)c1ccccc1)NC(=O)CCC(N)C(=O)OC. The smallest absolute Gasteiger partial charge is 0.325 e. The Hall–Kier alpha value is -3.90. The summed E-state index contributed by atoms with van der Waals surface area (Å²) in [6, 6.07) is 28.6. The summed E-state index contributed by atoms with van der Waals surface area (Å²) < 4.78 is 9.44. The first-order valence-electron chi connectivity index (χ1n) is 15.3. The molecule has 3 aromatic rings. The van der Waals surface area contributed by atoms with E-state index in [1.165, 1.54) is 28.7 Å². The average molecular weight is 714 g/mol. The summed E-state index contributed by atoms with van der Waals surface area (Å²) in [5.74, 6) is -2.32. The van der Waals surface area contributed by atoms with Crippen molar-refractivity contribution in [3.05, 3.63) is 91.0 Å². The van der Waals surface area contributed by atoms with Gasteiger partial charge >= 0.3 is 11.9 Å². The Morgan fingerprint density at radius 3 is 1.83 bits per heavy atom. The largest absolute Gasteiger partial charge is 0.468 e. The van der Waals surface area contributed by atoms with E-state index < -0.39 is 43.1 Å². The molecule has 2 unspecified atom stereocenters. The minimum atomic E-state index is -2.26. The number of carbonyl (C=O) groups excluding carboxylic acids is 5. The zero-order valence-electron chi connectivity index (χ0n) is 27.0. The number of methoxy groups -OCH3 is 1. The third-order valence-corrected chi connectivity index (χ3v) is 13.6. The fourth-order valence-corrected chi connectivity index (χ4v) is 10.7. The van der Waals surface area contributed by atoms with Crippen LogP contribution in [0.3, 0.4) is 0 Å². The van der Waals surface area contributed by atoms with Crippen molar-refractivity contribution in [1.82, 2.24) is 16.0 Å². The molecular formula is C34H42N4O7PS2+. The van der Waals surface area contributed by atoms with Gasteiger partial charge in [0.15, 0.2) is 0 Å². The molecule has 0 spiro atoms. The van der Waals surface area contributed by atoms with Gasteiger partial charge < -0.3 is 31.2 Å². The molecule has 0 bridgehead atoms. The van der Waals surface area contributed by atoms with Gasteiger partial charge in [-0.05, 0) is 49.7 Å². The van der Waals surface area contributed by atoms with Crippen molar-refractivity contribution in [1.29, 1.82) is 0 Å². The second-order valence-corrected chi connectivity index (χ2v) is 16.4. The molecule has 0 aromatic heterocycles. The fourth-order valence-electron chi connectivity index (χ4n) is 4.74. The molecule has 0 aliphatic carbocycles. The highest BCUT2D eigenvalue weighted by molar-refractivity contribution is 8.76. The lowest BCUT2D eigenvalue weighted by Crippen LogP contribution is -2.49. The number of esters is 2. The molecule has 0 saturated carbocycles. The van der Waals surface area contributed by atoms with E-state index in [1.807, 2.05) is 54.6 Å². The summed E-state index contributed by atoms with van der Waals surface area (Å²) in [6.07, 6.45) is 0.321. The predicted molar refractivity (Wildman–Crippen MR) is 194 cm³/mol. The van der Waals surface area contributed by atoms with Crippen LogP contribution in [-0.4, -0.2) is 79.8 Å². The Morgan fingerprint density at radius 1 is 0.792 bits per heavy atom. The maximum atomic E-state index is 13.2. The third-order valence-electron chi connectivity index (χ3n) is 7.16. The maximum Gasteiger partial charge on any atom is 0.325 e. The first-order valence-corrected chi connectivity index (χ1v) is 19.8. The predicted octanol–water partition coefficient (Wildman–Crippen LogP) is 1.88. The van der Waals surface area contributed by atoms with Crippen molar-refractivity contribution < 1.29 is 33.4 Å². The second-order valence-electron chi connectivity index (χ2n) is 10.4. The summed E-state index contributed by atoms with van der Waals surface area (Å²) >= 11 is 0. The monoisotopic (exact) mass is 713 g/mol. The molecule has 48 heavy (non-hydrogen) atoms. The van der Waals surface area contributed by atoms with Gasteiger partial charge in [0.25, 0.3) is 0 Å². The van der Waals surface area contributed by atoms with E-state index in [0.717, 1.165) is 15.9 Å². The molecule has 0 aliphatic rings. The fraction of sp³-hybridized carbons (Fsp3) is 0.324. The van der Waals surface area contributed by atoms with Gasteiger partial charge in [-0.2, -0.15) is 0 Å². The molecule has 0 aliphatic heterocycles. The maximum absolute atomic E-state index is 13.2. The number of nitrogens with two attached hydrogens (primary N) is 1. The van der Waals surface area contributed by atoms with Gasteiger partial charge in [-0.1, -0.05) is 76.2 Å². The molecular weight excluding hydrogens is 672 g/mol. The molecule has 11 nitrogen and oxygen atoms in total. The standard InChI is InChI=1S/C34H41N4O7PS2/c1-3-45-32(41)21-36-33(42)29(38-30(39)20-19-28(35)34(43)44-2)22-47-48-23-31(40)37-24-46(25-13-7-4-8-14-25,26-15-9-5-10-16-26)27-17-11-6-12-18-27/h4-18,28-29H,3,19-24,35H2,1-2H3,(H2-,36,37,38,39,40,42)/p+1. The lowest BCUT2D eigenvalue weighted by Gasteiger charge is -2.27. The van der Waals surface area contributed by atoms with Gasteiger partial charge in [0.2, 0.25) is 17.7 Å². The van der Waals surface area contributed by atoms with E-state index in [4.69, 9.17) is 10.5 Å². The van der Waals surface area contributed by atoms with Gasteiger partial charge in [-0.15, -0.1) is 0 Å². The summed E-state index contributed by atoms with van der Waals surface area (Å²) in [7, 11) is 1.42. The van der Waals surface area contributed by atoms with Crippen LogP contribution in [0.2, 0.25) is 0 Å². The van der Waals surface area contributed by atoms with Crippen molar-refractivity contribution in [2.45, 2.75) is 31.8 Å². The lowest BCUT2D eigenvalue weighted by atomic mass is 10.1. The number of benzene rings is 3. The van der Waals surface area contributed by atoms with Gasteiger partial charge in [0, 0.05) is 12.2 Å². The van der Waals surface area contributed by atoms with E-state index >= 15 is 0 Å². The first kappa shape index (κ1) is 38.5. The molecule has 0 radical (unpaired) electrons. The highest BCUT2D eigenvalue weighted by Gasteiger charge is 2.45. The van der Waals surface area contributed by atoms with Crippen molar-refractivity contribution in [2.24, 2.45) is 5.73 Å². The van der Waals surface area contributed by atoms with E-state index in [0.29, 0.717) is 6.29 Å². The van der Waals surface area contributed by atoms with Crippen LogP contribution >= 0.6 is 28.9 Å². The number of ether oxygens (including phenoxy) is 2. The van der Waals surface area contributed by atoms with Gasteiger partial charge in [-0.25, -0.2) is 0 Å². The summed E-state index contributed by atoms with van der Waals surface area (Å²) in [6.45, 7) is 1.45. The normalized spacial score (nSPS) is 12.2. The molecule has 0 fully saturated rings. The van der Waals surface area contributed by atoms with Crippen LogP contribution in [0.1, 0.15) is 19.8 Å². The Labute approximate surface area is 289 Å². The van der Waals surface area contributed by atoms with E-state index in [-0.39, 0.29) is 43.4 Å². The molecule has 3 amide bonds. The van der Waals surface area contributed by atoms with E-state index in [2.05, 4.69) is 57.1 Å². The summed E-state index contributed by atoms with van der Waals surface area (Å²) in [4.78, 5) is 62.1. The number of nitrogens with one attached hydrogen (secondary N) is 3. The van der Waals surface area contributed by atoms with Crippen LogP contribution < -0.4 is 37.6 Å². The lowest BCUT2D eigenvalue weighted by molar-refractivity contribution is -0.143. The number of amides is 3. The highest BCUT2D eigenvalue weighted by Crippen LogP contribution is 2.54. The van der Waals surface area contributed by atoms with Crippen LogP contribution in [-0.2, 0) is 33.4 Å². The van der Waals surface area contributed by atoms with Gasteiger partial charge in [0.05, 0.1) is 19.5 Å². The molecule has 14 heteroatoms. The van der Waals surface area contributed by atoms with Crippen LogP contribution in [0, 0.1) is 0 Å². The van der Waals surface area contributed by atoms with Gasteiger partial charge in [-0.3, -0.25) is 24.0 Å². The van der Waals surface area contributed by atoms with Crippen LogP contribution in [0.15, 0.2) is 91.0 Å². The van der Waals surface area contributed by atoms with Gasteiger partial charge in [0.1, 0.15) is 48.1 Å². The zero-order valence-corrected chi connectivity index (χ0v) is 29.5. The number of rotatable bonds is 19. The van der Waals surface area contributed by atoms with E-state index in [9.17, 15) is 24.0 Å². The highest BCUT2D eigenvalue weighted by atomic mass is 33.1. The Balaban J connectivity index is 1.65. The third kappa shape index (κ3) is 11.7. The van der Waals surface area contributed by atoms with Crippen LogP contribution in [0.4, 0.5) is 0 Å². The molecule has 2 atom stereocenters. The minimum Gasteiger partial charge on any atom is -0.468 e. The Morgan fingerprint density at radius 2 is 1.33 bits per heavy atom. The van der Waals surface area contributed by atoms with Crippen molar-refractivity contribution in [2.75, 3.05) is 38.1 Å². The van der Waals surface area contributed by atoms with Crippen molar-refractivity contribution in [3.8, 4) is 0 Å². The van der Waals surface area contributed by atoms with Crippen LogP contribution in [0.25, 0.3) is 0 Å².